The van der Waals surface area contributed by atoms with Crippen molar-refractivity contribution in [2.45, 2.75) is 24.8 Å². The summed E-state index contributed by atoms with van der Waals surface area (Å²) in [6.07, 6.45) is 3.80. The number of nitrogens with zero attached hydrogens (tertiary/aromatic N) is 1. The van der Waals surface area contributed by atoms with E-state index in [1.54, 1.807) is 0 Å². The molecular weight excluding hydrogens is 152 g/mol. The second kappa shape index (κ2) is 3.32. The summed E-state index contributed by atoms with van der Waals surface area (Å²) in [6, 6.07) is 0. The van der Waals surface area contributed by atoms with Crippen LogP contribution in [0.15, 0.2) is 0 Å². The molecule has 70 valence electrons. The highest BCUT2D eigenvalue weighted by Gasteiger charge is 2.40. The molecular formula is C9H18N2O. The van der Waals surface area contributed by atoms with Gasteiger partial charge in [0, 0.05) is 13.2 Å². The molecule has 0 aromatic rings. The number of ether oxygens (including phenoxy) is 1. The van der Waals surface area contributed by atoms with Crippen molar-refractivity contribution in [1.29, 1.82) is 0 Å². The second-order valence-electron chi connectivity index (χ2n) is 3.93. The van der Waals surface area contributed by atoms with Crippen LogP contribution in [0.1, 0.15) is 19.3 Å². The lowest BCUT2D eigenvalue weighted by atomic mass is 9.97. The largest absolute Gasteiger partial charge is 0.379 e. The Morgan fingerprint density at radius 3 is 2.58 bits per heavy atom. The van der Waals surface area contributed by atoms with Crippen LogP contribution in [-0.4, -0.2) is 43.3 Å². The molecule has 12 heavy (non-hydrogen) atoms. The topological polar surface area (TPSA) is 38.5 Å². The molecule has 3 heteroatoms. The molecule has 2 N–H and O–H groups in total. The first-order valence-electron chi connectivity index (χ1n) is 4.90. The first-order chi connectivity index (χ1) is 5.87. The van der Waals surface area contributed by atoms with Gasteiger partial charge in [0.2, 0.25) is 0 Å². The van der Waals surface area contributed by atoms with Crippen molar-refractivity contribution in [2.75, 3.05) is 32.8 Å². The highest BCUT2D eigenvalue weighted by Crippen LogP contribution is 2.28. The first kappa shape index (κ1) is 8.48. The third-order valence-electron chi connectivity index (χ3n) is 3.24. The van der Waals surface area contributed by atoms with Gasteiger partial charge >= 0.3 is 0 Å². The lowest BCUT2D eigenvalue weighted by molar-refractivity contribution is 0.0923. The van der Waals surface area contributed by atoms with Crippen LogP contribution < -0.4 is 5.73 Å². The minimum atomic E-state index is 0.205. The zero-order valence-electron chi connectivity index (χ0n) is 7.59. The highest BCUT2D eigenvalue weighted by atomic mass is 16.5. The molecule has 0 bridgehead atoms. The van der Waals surface area contributed by atoms with Crippen molar-refractivity contribution in [2.24, 2.45) is 5.73 Å². The summed E-state index contributed by atoms with van der Waals surface area (Å²) < 4.78 is 5.44. The van der Waals surface area contributed by atoms with Crippen molar-refractivity contribution < 1.29 is 4.74 Å². The maximum atomic E-state index is 5.83. The van der Waals surface area contributed by atoms with Crippen molar-refractivity contribution in [3.8, 4) is 0 Å². The Morgan fingerprint density at radius 1 is 1.33 bits per heavy atom. The smallest absolute Gasteiger partial charge is 0.0663 e. The maximum Gasteiger partial charge on any atom is 0.0663 e. The van der Waals surface area contributed by atoms with Crippen LogP contribution in [0.4, 0.5) is 0 Å². The van der Waals surface area contributed by atoms with Crippen LogP contribution in [0.5, 0.6) is 0 Å². The standard InChI is InChI=1S/C9H18N2O/c10-7-9(3-6-12-8-9)11-4-1-2-5-11/h1-8,10H2. The van der Waals surface area contributed by atoms with Crippen molar-refractivity contribution >= 4 is 0 Å². The molecule has 0 aromatic heterocycles. The van der Waals surface area contributed by atoms with Crippen molar-refractivity contribution in [3.63, 3.8) is 0 Å². The van der Waals surface area contributed by atoms with E-state index in [0.717, 1.165) is 26.2 Å². The van der Waals surface area contributed by atoms with Crippen LogP contribution in [0.25, 0.3) is 0 Å². The zero-order chi connectivity index (χ0) is 8.44. The Hall–Kier alpha value is -0.120. The summed E-state index contributed by atoms with van der Waals surface area (Å²) >= 11 is 0. The third kappa shape index (κ3) is 1.26. The Labute approximate surface area is 73.9 Å². The predicted molar refractivity (Wildman–Crippen MR) is 48.0 cm³/mol. The summed E-state index contributed by atoms with van der Waals surface area (Å²) in [5, 5.41) is 0. The van der Waals surface area contributed by atoms with E-state index in [2.05, 4.69) is 4.90 Å². The van der Waals surface area contributed by atoms with Gasteiger partial charge in [0.05, 0.1) is 12.1 Å². The summed E-state index contributed by atoms with van der Waals surface area (Å²) in [5.74, 6) is 0. The van der Waals surface area contributed by atoms with Crippen LogP contribution in [-0.2, 0) is 4.74 Å². The molecule has 0 saturated carbocycles. The summed E-state index contributed by atoms with van der Waals surface area (Å²) in [4.78, 5) is 2.53. The van der Waals surface area contributed by atoms with Crippen LogP contribution in [0.2, 0.25) is 0 Å². The first-order valence-corrected chi connectivity index (χ1v) is 4.90. The van der Waals surface area contributed by atoms with Gasteiger partial charge in [-0.05, 0) is 32.4 Å². The van der Waals surface area contributed by atoms with Gasteiger partial charge < -0.3 is 10.5 Å². The number of likely N-dealkylation sites (tertiary alicyclic amines) is 1. The molecule has 2 aliphatic heterocycles. The van der Waals surface area contributed by atoms with Crippen LogP contribution >= 0.6 is 0 Å². The fourth-order valence-electron chi connectivity index (χ4n) is 2.33. The molecule has 2 saturated heterocycles. The van der Waals surface area contributed by atoms with Gasteiger partial charge in [0.1, 0.15) is 0 Å². The van der Waals surface area contributed by atoms with Gasteiger partial charge in [-0.15, -0.1) is 0 Å². The quantitative estimate of drug-likeness (QED) is 0.643. The summed E-state index contributed by atoms with van der Waals surface area (Å²) in [5.41, 5.74) is 6.03. The third-order valence-corrected chi connectivity index (χ3v) is 3.24. The van der Waals surface area contributed by atoms with E-state index in [0.29, 0.717) is 0 Å². The monoisotopic (exact) mass is 170 g/mol. The molecule has 2 fully saturated rings. The fraction of sp³-hybridized carbons (Fsp3) is 1.00. The summed E-state index contributed by atoms with van der Waals surface area (Å²) in [7, 11) is 0. The van der Waals surface area contributed by atoms with Gasteiger partial charge in [0.15, 0.2) is 0 Å². The van der Waals surface area contributed by atoms with Crippen molar-refractivity contribution in [1.82, 2.24) is 4.90 Å². The van der Waals surface area contributed by atoms with E-state index in [4.69, 9.17) is 10.5 Å². The highest BCUT2D eigenvalue weighted by molar-refractivity contribution is 4.96. The lowest BCUT2D eigenvalue weighted by Gasteiger charge is -2.36. The van der Waals surface area contributed by atoms with E-state index >= 15 is 0 Å². The predicted octanol–water partition coefficient (Wildman–Crippen LogP) is 0.200. The van der Waals surface area contributed by atoms with Crippen LogP contribution in [0.3, 0.4) is 0 Å². The molecule has 2 aliphatic rings. The molecule has 3 nitrogen and oxygen atoms in total. The fourth-order valence-corrected chi connectivity index (χ4v) is 2.33. The Bertz CT molecular complexity index is 149. The van der Waals surface area contributed by atoms with Crippen LogP contribution in [0, 0.1) is 0 Å². The molecule has 2 heterocycles. The normalized spacial score (nSPS) is 37.8. The minimum absolute atomic E-state index is 0.205. The van der Waals surface area contributed by atoms with Gasteiger partial charge in [-0.2, -0.15) is 0 Å². The molecule has 0 aromatic carbocycles. The SMILES string of the molecule is NCC1(N2CCCC2)CCOC1. The van der Waals surface area contributed by atoms with E-state index in [1.807, 2.05) is 0 Å². The number of nitrogens with two attached hydrogens (primary N) is 1. The maximum absolute atomic E-state index is 5.83. The molecule has 1 unspecified atom stereocenters. The minimum Gasteiger partial charge on any atom is -0.379 e. The average molecular weight is 170 g/mol. The lowest BCUT2D eigenvalue weighted by Crippen LogP contribution is -2.53. The average Bonchev–Trinajstić information content (AvgIpc) is 2.76. The number of hydrogen-bond donors (Lipinski definition) is 1. The van der Waals surface area contributed by atoms with E-state index in [9.17, 15) is 0 Å². The summed E-state index contributed by atoms with van der Waals surface area (Å²) in [6.45, 7) is 4.95. The molecule has 2 rings (SSSR count). The second-order valence-corrected chi connectivity index (χ2v) is 3.93. The van der Waals surface area contributed by atoms with Gasteiger partial charge in [-0.1, -0.05) is 0 Å². The molecule has 0 amide bonds. The van der Waals surface area contributed by atoms with E-state index < -0.39 is 0 Å². The Balaban J connectivity index is 2.04. The molecule has 0 aliphatic carbocycles. The molecule has 0 spiro atoms. The molecule has 1 atom stereocenters. The van der Waals surface area contributed by atoms with Gasteiger partial charge in [-0.3, -0.25) is 4.90 Å². The van der Waals surface area contributed by atoms with E-state index in [1.165, 1.54) is 25.9 Å². The number of rotatable bonds is 2. The van der Waals surface area contributed by atoms with Crippen molar-refractivity contribution in [3.05, 3.63) is 0 Å². The van der Waals surface area contributed by atoms with Gasteiger partial charge in [-0.25, -0.2) is 0 Å². The van der Waals surface area contributed by atoms with E-state index in [-0.39, 0.29) is 5.54 Å². The zero-order valence-corrected chi connectivity index (χ0v) is 7.59. The molecule has 0 radical (unpaired) electrons. The Kier molecular flexibility index (Phi) is 2.35. The Morgan fingerprint density at radius 2 is 2.08 bits per heavy atom. The van der Waals surface area contributed by atoms with Gasteiger partial charge in [0.25, 0.3) is 0 Å². The number of hydrogen-bond acceptors (Lipinski definition) is 3.